The third-order valence-electron chi connectivity index (χ3n) is 14.2. The monoisotopic (exact) mass is 846 g/mol. The SMILES string of the molecule is CC1(C)c2ccccc2C2(c3ccccc3Sc3ccccc32)c2cccc(-c3ccccc3-c3cc(-c4ccc5c6ccccc6c6ccccc6c5c4)nc(-c4ccccc4)n3)c21. The van der Waals surface area contributed by atoms with Crippen molar-refractivity contribution in [3.05, 3.63) is 252 Å². The van der Waals surface area contributed by atoms with Crippen molar-refractivity contribution in [1.29, 1.82) is 0 Å². The summed E-state index contributed by atoms with van der Waals surface area (Å²) in [6.07, 6.45) is 0. The predicted molar refractivity (Wildman–Crippen MR) is 271 cm³/mol. The fourth-order valence-corrected chi connectivity index (χ4v) is 12.6. The first kappa shape index (κ1) is 37.9. The third-order valence-corrected chi connectivity index (χ3v) is 15.3. The van der Waals surface area contributed by atoms with Crippen molar-refractivity contribution in [3.8, 4) is 45.0 Å². The standard InChI is InChI=1S/C62H42N2S/c1-61(2)50-28-12-13-29-51(50)62(52-30-14-16-33-57(52)65-58-34-17-15-31-53(58)62)54-32-18-27-48(59(54)61)45-25-10-11-26-47(45)56-38-55(63-60(64-56)39-19-4-3-5-20-39)40-35-36-46-43-23-7-6-21-41(43)42-22-8-9-24-44(42)49(46)37-40/h3-38H,1-2H3. The second-order valence-electron chi connectivity index (χ2n) is 18.0. The van der Waals surface area contributed by atoms with Gasteiger partial charge in [0.15, 0.2) is 5.82 Å². The van der Waals surface area contributed by atoms with Crippen LogP contribution in [0, 0.1) is 0 Å². The number of rotatable bonds is 4. The summed E-state index contributed by atoms with van der Waals surface area (Å²) in [6, 6.07) is 80.2. The van der Waals surface area contributed by atoms with Gasteiger partial charge in [0.05, 0.1) is 16.8 Å². The number of hydrogen-bond acceptors (Lipinski definition) is 3. The van der Waals surface area contributed by atoms with Crippen LogP contribution in [0.15, 0.2) is 228 Å². The second kappa shape index (κ2) is 14.5. The molecule has 0 atom stereocenters. The molecule has 1 spiro atoms. The van der Waals surface area contributed by atoms with Gasteiger partial charge in [-0.1, -0.05) is 220 Å². The molecule has 0 radical (unpaired) electrons. The van der Waals surface area contributed by atoms with Crippen LogP contribution in [0.5, 0.6) is 0 Å². The summed E-state index contributed by atoms with van der Waals surface area (Å²) in [5, 5.41) is 7.48. The lowest BCUT2D eigenvalue weighted by Gasteiger charge is -2.51. The number of benzene rings is 10. The van der Waals surface area contributed by atoms with Crippen LogP contribution in [-0.4, -0.2) is 9.97 Å². The van der Waals surface area contributed by atoms with Crippen LogP contribution in [0.2, 0.25) is 0 Å². The summed E-state index contributed by atoms with van der Waals surface area (Å²) in [6.45, 7) is 4.84. The molecule has 65 heavy (non-hydrogen) atoms. The van der Waals surface area contributed by atoms with Crippen LogP contribution in [0.3, 0.4) is 0 Å². The summed E-state index contributed by atoms with van der Waals surface area (Å²) in [4.78, 5) is 13.4. The molecule has 2 heterocycles. The molecule has 13 rings (SSSR count). The number of aromatic nitrogens is 2. The number of fused-ring (bicyclic) bond motifs is 14. The molecule has 11 aromatic rings. The van der Waals surface area contributed by atoms with Gasteiger partial charge in [-0.3, -0.25) is 0 Å². The van der Waals surface area contributed by atoms with Crippen molar-refractivity contribution >= 4 is 44.1 Å². The first-order valence-electron chi connectivity index (χ1n) is 22.5. The fourth-order valence-electron chi connectivity index (χ4n) is 11.4. The Morgan fingerprint density at radius 1 is 0.338 bits per heavy atom. The second-order valence-corrected chi connectivity index (χ2v) is 19.1. The minimum Gasteiger partial charge on any atom is -0.228 e. The van der Waals surface area contributed by atoms with Crippen LogP contribution in [0.25, 0.3) is 77.3 Å². The molecule has 2 aliphatic rings. The topological polar surface area (TPSA) is 25.8 Å². The summed E-state index contributed by atoms with van der Waals surface area (Å²) < 4.78 is 0. The van der Waals surface area contributed by atoms with E-state index < -0.39 is 5.41 Å². The Kier molecular flexibility index (Phi) is 8.44. The lowest BCUT2D eigenvalue weighted by atomic mass is 9.53. The average molecular weight is 847 g/mol. The van der Waals surface area contributed by atoms with Gasteiger partial charge in [-0.15, -0.1) is 0 Å². The van der Waals surface area contributed by atoms with Gasteiger partial charge in [0, 0.05) is 31.9 Å². The van der Waals surface area contributed by atoms with E-state index in [-0.39, 0.29) is 5.41 Å². The molecule has 1 aliphatic heterocycles. The zero-order valence-corrected chi connectivity index (χ0v) is 36.9. The van der Waals surface area contributed by atoms with Crippen molar-refractivity contribution < 1.29 is 0 Å². The van der Waals surface area contributed by atoms with Gasteiger partial charge in [-0.2, -0.15) is 0 Å². The average Bonchev–Trinajstić information content (AvgIpc) is 3.37. The third kappa shape index (κ3) is 5.55. The summed E-state index contributed by atoms with van der Waals surface area (Å²) in [5.41, 5.74) is 14.5. The maximum atomic E-state index is 5.45. The summed E-state index contributed by atoms with van der Waals surface area (Å²) in [5.74, 6) is 0.701. The molecule has 0 bridgehead atoms. The van der Waals surface area contributed by atoms with Crippen molar-refractivity contribution in [1.82, 2.24) is 9.97 Å². The van der Waals surface area contributed by atoms with Gasteiger partial charge in [-0.05, 0) is 101 Å². The van der Waals surface area contributed by atoms with Gasteiger partial charge >= 0.3 is 0 Å². The quantitative estimate of drug-likeness (QED) is 0.165. The van der Waals surface area contributed by atoms with Crippen molar-refractivity contribution in [2.75, 3.05) is 0 Å². The molecule has 2 nitrogen and oxygen atoms in total. The van der Waals surface area contributed by atoms with Crippen LogP contribution >= 0.6 is 11.8 Å². The molecule has 1 aromatic heterocycles. The van der Waals surface area contributed by atoms with Crippen LogP contribution in [0.1, 0.15) is 47.2 Å². The van der Waals surface area contributed by atoms with E-state index in [1.165, 1.54) is 81.1 Å². The lowest BCUT2D eigenvalue weighted by Crippen LogP contribution is -2.43. The minimum absolute atomic E-state index is 0.334. The van der Waals surface area contributed by atoms with Crippen molar-refractivity contribution in [2.45, 2.75) is 34.5 Å². The van der Waals surface area contributed by atoms with Crippen LogP contribution in [0.4, 0.5) is 0 Å². The molecular weight excluding hydrogens is 805 g/mol. The highest BCUT2D eigenvalue weighted by molar-refractivity contribution is 7.99. The molecule has 0 N–H and O–H groups in total. The van der Waals surface area contributed by atoms with Gasteiger partial charge in [0.25, 0.3) is 0 Å². The van der Waals surface area contributed by atoms with Crippen LogP contribution in [-0.2, 0) is 10.8 Å². The Bertz CT molecular complexity index is 3650. The maximum absolute atomic E-state index is 5.45. The van der Waals surface area contributed by atoms with Gasteiger partial charge in [-0.25, -0.2) is 9.97 Å². The maximum Gasteiger partial charge on any atom is 0.160 e. The minimum atomic E-state index is -0.515. The van der Waals surface area contributed by atoms with E-state index >= 15 is 0 Å². The van der Waals surface area contributed by atoms with Gasteiger partial charge < -0.3 is 0 Å². The van der Waals surface area contributed by atoms with Crippen LogP contribution < -0.4 is 0 Å². The van der Waals surface area contributed by atoms with E-state index in [0.717, 1.165) is 33.6 Å². The Balaban J connectivity index is 1.07. The summed E-state index contributed by atoms with van der Waals surface area (Å²) >= 11 is 1.89. The highest BCUT2D eigenvalue weighted by atomic mass is 32.2. The van der Waals surface area contributed by atoms with E-state index in [4.69, 9.17) is 9.97 Å². The number of nitrogens with zero attached hydrogens (tertiary/aromatic N) is 2. The van der Waals surface area contributed by atoms with Gasteiger partial charge in [0.1, 0.15) is 0 Å². The molecular formula is C62H42N2S. The fraction of sp³-hybridized carbons (Fsp3) is 0.0645. The van der Waals surface area contributed by atoms with E-state index in [1.54, 1.807) is 0 Å². The Hall–Kier alpha value is -7.59. The Morgan fingerprint density at radius 3 is 1.51 bits per heavy atom. The predicted octanol–water partition coefficient (Wildman–Crippen LogP) is 16.1. The first-order valence-corrected chi connectivity index (χ1v) is 23.3. The first-order chi connectivity index (χ1) is 32.0. The molecule has 0 saturated carbocycles. The lowest BCUT2D eigenvalue weighted by molar-refractivity contribution is 0.550. The highest BCUT2D eigenvalue weighted by Crippen LogP contribution is 2.62. The molecule has 10 aromatic carbocycles. The van der Waals surface area contributed by atoms with Gasteiger partial charge in [0.2, 0.25) is 0 Å². The van der Waals surface area contributed by atoms with E-state index in [1.807, 2.05) is 11.8 Å². The molecule has 0 amide bonds. The molecule has 3 heteroatoms. The van der Waals surface area contributed by atoms with E-state index in [2.05, 4.69) is 232 Å². The molecule has 0 saturated heterocycles. The smallest absolute Gasteiger partial charge is 0.160 e. The van der Waals surface area contributed by atoms with E-state index in [0.29, 0.717) is 5.82 Å². The largest absolute Gasteiger partial charge is 0.228 e. The normalized spacial score (nSPS) is 14.2. The molecule has 306 valence electrons. The highest BCUT2D eigenvalue weighted by Gasteiger charge is 2.52. The Morgan fingerprint density at radius 2 is 0.831 bits per heavy atom. The zero-order valence-electron chi connectivity index (χ0n) is 36.1. The van der Waals surface area contributed by atoms with E-state index in [9.17, 15) is 0 Å². The number of hydrogen-bond donors (Lipinski definition) is 0. The van der Waals surface area contributed by atoms with Crippen molar-refractivity contribution in [2.24, 2.45) is 0 Å². The molecule has 1 aliphatic carbocycles. The molecule has 0 unspecified atom stereocenters. The Labute approximate surface area is 383 Å². The summed E-state index contributed by atoms with van der Waals surface area (Å²) in [7, 11) is 0. The zero-order chi connectivity index (χ0) is 43.3. The van der Waals surface area contributed by atoms with Crippen molar-refractivity contribution in [3.63, 3.8) is 0 Å². The molecule has 0 fully saturated rings.